The monoisotopic (exact) mass is 326 g/mol. The van der Waals surface area contributed by atoms with Crippen LogP contribution in [0.25, 0.3) is 22.3 Å². The van der Waals surface area contributed by atoms with E-state index in [4.69, 9.17) is 9.47 Å². The summed E-state index contributed by atoms with van der Waals surface area (Å²) in [7, 11) is 3.00. The smallest absolute Gasteiger partial charge is 0.132 e. The van der Waals surface area contributed by atoms with Crippen LogP contribution in [0.1, 0.15) is 0 Å². The third kappa shape index (κ3) is 2.71. The van der Waals surface area contributed by atoms with E-state index in [1.165, 1.54) is 14.2 Å². The molecule has 122 valence electrons. The van der Waals surface area contributed by atoms with Gasteiger partial charge in [0.25, 0.3) is 0 Å². The van der Waals surface area contributed by atoms with E-state index in [9.17, 15) is 8.78 Å². The molecule has 24 heavy (non-hydrogen) atoms. The quantitative estimate of drug-likeness (QED) is 0.646. The van der Waals surface area contributed by atoms with Crippen LogP contribution in [0, 0.1) is 11.6 Å². The SMILES string of the molecule is COc1ccccc1-c1c(F)ccc(F)c1-c1ccccc1OC. The van der Waals surface area contributed by atoms with E-state index in [2.05, 4.69) is 0 Å². The molecule has 4 heteroatoms. The Balaban J connectivity index is 2.38. The predicted molar refractivity (Wildman–Crippen MR) is 90.3 cm³/mol. The third-order valence-electron chi connectivity index (χ3n) is 3.86. The van der Waals surface area contributed by atoms with Gasteiger partial charge >= 0.3 is 0 Å². The van der Waals surface area contributed by atoms with Gasteiger partial charge < -0.3 is 9.47 Å². The molecule has 0 N–H and O–H groups in total. The molecule has 0 unspecified atom stereocenters. The number of hydrogen-bond acceptors (Lipinski definition) is 2. The lowest BCUT2D eigenvalue weighted by molar-refractivity contribution is 0.415. The summed E-state index contributed by atoms with van der Waals surface area (Å²) in [6.45, 7) is 0. The summed E-state index contributed by atoms with van der Waals surface area (Å²) in [5.74, 6) is -0.111. The van der Waals surface area contributed by atoms with Crippen molar-refractivity contribution in [2.24, 2.45) is 0 Å². The molecule has 0 amide bonds. The molecule has 0 bridgehead atoms. The molecule has 0 heterocycles. The third-order valence-corrected chi connectivity index (χ3v) is 3.86. The Morgan fingerprint density at radius 3 is 1.33 bits per heavy atom. The highest BCUT2D eigenvalue weighted by molar-refractivity contribution is 5.89. The number of benzene rings is 3. The van der Waals surface area contributed by atoms with Crippen molar-refractivity contribution < 1.29 is 18.3 Å². The predicted octanol–water partition coefficient (Wildman–Crippen LogP) is 5.32. The van der Waals surface area contributed by atoms with Crippen LogP contribution in [0.2, 0.25) is 0 Å². The largest absolute Gasteiger partial charge is 0.496 e. The van der Waals surface area contributed by atoms with Crippen molar-refractivity contribution in [2.45, 2.75) is 0 Å². The average Bonchev–Trinajstić information content (AvgIpc) is 2.63. The summed E-state index contributed by atoms with van der Waals surface area (Å²) in [5.41, 5.74) is 1.27. The van der Waals surface area contributed by atoms with Crippen molar-refractivity contribution in [3.05, 3.63) is 72.3 Å². The Kier molecular flexibility index (Phi) is 4.47. The number of halogens is 2. The highest BCUT2D eigenvalue weighted by Gasteiger charge is 2.21. The van der Waals surface area contributed by atoms with E-state index in [1.54, 1.807) is 48.5 Å². The van der Waals surface area contributed by atoms with Gasteiger partial charge in [0.2, 0.25) is 0 Å². The molecule has 0 aliphatic heterocycles. The molecule has 3 aromatic rings. The fourth-order valence-electron chi connectivity index (χ4n) is 2.78. The van der Waals surface area contributed by atoms with Crippen molar-refractivity contribution in [1.82, 2.24) is 0 Å². The minimum Gasteiger partial charge on any atom is -0.496 e. The van der Waals surface area contributed by atoms with Gasteiger partial charge in [-0.05, 0) is 24.3 Å². The highest BCUT2D eigenvalue weighted by Crippen LogP contribution is 2.43. The summed E-state index contributed by atoms with van der Waals surface area (Å²) >= 11 is 0. The fourth-order valence-corrected chi connectivity index (χ4v) is 2.78. The van der Waals surface area contributed by atoms with Crippen LogP contribution in [0.5, 0.6) is 11.5 Å². The first-order valence-corrected chi connectivity index (χ1v) is 7.42. The number of para-hydroxylation sites is 2. The van der Waals surface area contributed by atoms with Crippen LogP contribution in [0.4, 0.5) is 8.78 Å². The summed E-state index contributed by atoms with van der Waals surface area (Å²) in [6.07, 6.45) is 0. The van der Waals surface area contributed by atoms with Crippen LogP contribution in [0.15, 0.2) is 60.7 Å². The van der Waals surface area contributed by atoms with Gasteiger partial charge in [-0.1, -0.05) is 36.4 Å². The molecule has 0 saturated heterocycles. The zero-order valence-corrected chi connectivity index (χ0v) is 13.3. The van der Waals surface area contributed by atoms with E-state index in [-0.39, 0.29) is 11.1 Å². The van der Waals surface area contributed by atoms with Crippen LogP contribution in [0.3, 0.4) is 0 Å². The molecule has 0 aliphatic rings. The number of rotatable bonds is 4. The maximum Gasteiger partial charge on any atom is 0.132 e. The van der Waals surface area contributed by atoms with E-state index in [1.807, 2.05) is 0 Å². The molecule has 0 aliphatic carbocycles. The van der Waals surface area contributed by atoms with Crippen molar-refractivity contribution in [1.29, 1.82) is 0 Å². The molecular formula is C20H16F2O2. The van der Waals surface area contributed by atoms with Crippen LogP contribution in [-0.2, 0) is 0 Å². The van der Waals surface area contributed by atoms with Crippen LogP contribution in [-0.4, -0.2) is 14.2 Å². The molecule has 0 saturated carbocycles. The molecule has 2 nitrogen and oxygen atoms in total. The lowest BCUT2D eigenvalue weighted by atomic mass is 9.92. The van der Waals surface area contributed by atoms with Gasteiger partial charge in [-0.25, -0.2) is 8.78 Å². The normalized spacial score (nSPS) is 10.5. The van der Waals surface area contributed by atoms with Gasteiger partial charge in [0.05, 0.1) is 14.2 Å². The van der Waals surface area contributed by atoms with Gasteiger partial charge in [0.15, 0.2) is 0 Å². The molecule has 0 atom stereocenters. The van der Waals surface area contributed by atoms with Gasteiger partial charge in [0.1, 0.15) is 23.1 Å². The zero-order valence-electron chi connectivity index (χ0n) is 13.3. The van der Waals surface area contributed by atoms with E-state index >= 15 is 0 Å². The first-order valence-electron chi connectivity index (χ1n) is 7.42. The number of methoxy groups -OCH3 is 2. The van der Waals surface area contributed by atoms with Crippen LogP contribution >= 0.6 is 0 Å². The number of hydrogen-bond donors (Lipinski definition) is 0. The molecule has 0 radical (unpaired) electrons. The maximum absolute atomic E-state index is 14.7. The summed E-state index contributed by atoms with van der Waals surface area (Å²) in [5, 5.41) is 0. The van der Waals surface area contributed by atoms with Crippen LogP contribution < -0.4 is 9.47 Å². The standard InChI is InChI=1S/C20H16F2O2/c1-23-17-9-5-3-7-13(17)19-15(21)11-12-16(22)20(19)14-8-4-6-10-18(14)24-2/h3-12H,1-2H3. The fraction of sp³-hybridized carbons (Fsp3) is 0.100. The van der Waals surface area contributed by atoms with Gasteiger partial charge in [0, 0.05) is 22.3 Å². The Morgan fingerprint density at radius 2 is 0.958 bits per heavy atom. The lowest BCUT2D eigenvalue weighted by Crippen LogP contribution is -1.98. The second-order valence-corrected chi connectivity index (χ2v) is 5.18. The Morgan fingerprint density at radius 1 is 0.583 bits per heavy atom. The second-order valence-electron chi connectivity index (χ2n) is 5.18. The minimum atomic E-state index is -0.526. The first-order chi connectivity index (χ1) is 11.7. The maximum atomic E-state index is 14.7. The van der Waals surface area contributed by atoms with E-state index < -0.39 is 11.6 Å². The molecule has 3 rings (SSSR count). The van der Waals surface area contributed by atoms with Gasteiger partial charge in [-0.15, -0.1) is 0 Å². The summed E-state index contributed by atoms with van der Waals surface area (Å²) in [6, 6.07) is 16.2. The summed E-state index contributed by atoms with van der Waals surface area (Å²) in [4.78, 5) is 0. The van der Waals surface area contributed by atoms with E-state index in [0.717, 1.165) is 12.1 Å². The zero-order chi connectivity index (χ0) is 17.1. The minimum absolute atomic E-state index is 0.150. The van der Waals surface area contributed by atoms with Gasteiger partial charge in [-0.2, -0.15) is 0 Å². The van der Waals surface area contributed by atoms with Crippen molar-refractivity contribution >= 4 is 0 Å². The molecule has 3 aromatic carbocycles. The van der Waals surface area contributed by atoms with Crippen molar-refractivity contribution in [3.8, 4) is 33.8 Å². The Bertz CT molecular complexity index is 803. The molecule has 0 aromatic heterocycles. The summed E-state index contributed by atoms with van der Waals surface area (Å²) < 4.78 is 40.0. The van der Waals surface area contributed by atoms with Crippen molar-refractivity contribution in [2.75, 3.05) is 14.2 Å². The Hall–Kier alpha value is -2.88. The molecule has 0 fully saturated rings. The van der Waals surface area contributed by atoms with Gasteiger partial charge in [-0.3, -0.25) is 0 Å². The first kappa shape index (κ1) is 16.0. The second kappa shape index (κ2) is 6.71. The molecular weight excluding hydrogens is 310 g/mol. The average molecular weight is 326 g/mol. The topological polar surface area (TPSA) is 18.5 Å². The lowest BCUT2D eigenvalue weighted by Gasteiger charge is -2.17. The van der Waals surface area contributed by atoms with E-state index in [0.29, 0.717) is 22.6 Å². The Labute approximate surface area is 139 Å². The highest BCUT2D eigenvalue weighted by atomic mass is 19.1. The number of ether oxygens (including phenoxy) is 2. The van der Waals surface area contributed by atoms with Crippen molar-refractivity contribution in [3.63, 3.8) is 0 Å². The molecule has 0 spiro atoms.